The lowest BCUT2D eigenvalue weighted by molar-refractivity contribution is 0.00789. The fraction of sp³-hybridized carbons (Fsp3) is 0.684. The largest absolute Gasteiger partial charge is 0.388 e. The molecule has 2 aliphatic rings. The van der Waals surface area contributed by atoms with Gasteiger partial charge in [0, 0.05) is 12.0 Å². The number of aliphatic hydroxyl groups excluding tert-OH is 1. The van der Waals surface area contributed by atoms with Crippen LogP contribution in [0.1, 0.15) is 80.9 Å². The fourth-order valence-electron chi connectivity index (χ4n) is 4.05. The van der Waals surface area contributed by atoms with Crippen molar-refractivity contribution in [3.8, 4) is 0 Å². The van der Waals surface area contributed by atoms with Crippen molar-refractivity contribution in [2.24, 2.45) is 11.1 Å². The number of nitrogens with two attached hydrogens (primary N) is 1. The van der Waals surface area contributed by atoms with Gasteiger partial charge < -0.3 is 10.8 Å². The molecule has 0 bridgehead atoms. The van der Waals surface area contributed by atoms with Crippen molar-refractivity contribution >= 4 is 0 Å². The fourth-order valence-corrected chi connectivity index (χ4v) is 4.05. The molecule has 3 N–H and O–H groups in total. The quantitative estimate of drug-likeness (QED) is 0.868. The van der Waals surface area contributed by atoms with Gasteiger partial charge in [0.25, 0.3) is 0 Å². The monoisotopic (exact) mass is 287 g/mol. The molecule has 0 heterocycles. The van der Waals surface area contributed by atoms with Crippen LogP contribution in [0.5, 0.6) is 0 Å². The van der Waals surface area contributed by atoms with Gasteiger partial charge in [0.05, 0.1) is 6.10 Å². The van der Waals surface area contributed by atoms with Crippen molar-refractivity contribution in [2.75, 3.05) is 6.54 Å². The maximum absolute atomic E-state index is 11.2. The van der Waals surface area contributed by atoms with Crippen molar-refractivity contribution in [2.45, 2.75) is 69.8 Å². The Balaban J connectivity index is 1.88. The third-order valence-electron chi connectivity index (χ3n) is 5.64. The highest BCUT2D eigenvalue weighted by Gasteiger charge is 2.39. The van der Waals surface area contributed by atoms with E-state index in [0.717, 1.165) is 18.4 Å². The minimum atomic E-state index is -0.391. The third kappa shape index (κ3) is 3.17. The van der Waals surface area contributed by atoms with Crippen LogP contribution in [-0.4, -0.2) is 11.7 Å². The van der Waals surface area contributed by atoms with Crippen molar-refractivity contribution in [3.63, 3.8) is 0 Å². The zero-order valence-electron chi connectivity index (χ0n) is 13.1. The number of hydrogen-bond donors (Lipinski definition) is 2. The minimum Gasteiger partial charge on any atom is -0.388 e. The van der Waals surface area contributed by atoms with Gasteiger partial charge in [-0.1, -0.05) is 56.4 Å². The molecule has 0 aliphatic heterocycles. The Morgan fingerprint density at radius 3 is 2.29 bits per heavy atom. The van der Waals surface area contributed by atoms with Gasteiger partial charge in [-0.05, 0) is 42.7 Å². The predicted molar refractivity (Wildman–Crippen MR) is 87.2 cm³/mol. The highest BCUT2D eigenvalue weighted by molar-refractivity contribution is 5.36. The molecule has 0 amide bonds. The molecule has 2 nitrogen and oxygen atoms in total. The van der Waals surface area contributed by atoms with Crippen LogP contribution < -0.4 is 5.73 Å². The summed E-state index contributed by atoms with van der Waals surface area (Å²) in [6.07, 6.45) is 10.6. The van der Waals surface area contributed by atoms with E-state index in [2.05, 4.69) is 24.3 Å². The Hall–Kier alpha value is -0.860. The van der Waals surface area contributed by atoms with Gasteiger partial charge in [0.1, 0.15) is 0 Å². The van der Waals surface area contributed by atoms with Crippen molar-refractivity contribution in [1.82, 2.24) is 0 Å². The Morgan fingerprint density at radius 2 is 1.67 bits per heavy atom. The second-order valence-corrected chi connectivity index (χ2v) is 7.14. The van der Waals surface area contributed by atoms with Crippen LogP contribution in [0.3, 0.4) is 0 Å². The van der Waals surface area contributed by atoms with E-state index in [1.807, 2.05) is 0 Å². The first-order valence-electron chi connectivity index (χ1n) is 8.74. The van der Waals surface area contributed by atoms with E-state index < -0.39 is 6.10 Å². The smallest absolute Gasteiger partial charge is 0.0861 e. The van der Waals surface area contributed by atoms with Gasteiger partial charge in [-0.3, -0.25) is 0 Å². The normalized spacial score (nSPS) is 24.1. The van der Waals surface area contributed by atoms with Crippen molar-refractivity contribution in [3.05, 3.63) is 35.4 Å². The van der Waals surface area contributed by atoms with Crippen LogP contribution in [0.2, 0.25) is 0 Å². The summed E-state index contributed by atoms with van der Waals surface area (Å²) in [4.78, 5) is 0. The molecule has 1 aromatic rings. The van der Waals surface area contributed by atoms with E-state index >= 15 is 0 Å². The molecular formula is C19H29NO. The van der Waals surface area contributed by atoms with Crippen LogP contribution in [-0.2, 0) is 0 Å². The van der Waals surface area contributed by atoms with Crippen LogP contribution >= 0.6 is 0 Å². The summed E-state index contributed by atoms with van der Waals surface area (Å²) in [5.41, 5.74) is 8.61. The molecule has 0 spiro atoms. The molecule has 3 rings (SSSR count). The molecule has 2 aliphatic carbocycles. The molecule has 1 atom stereocenters. The van der Waals surface area contributed by atoms with Crippen LogP contribution in [0.15, 0.2) is 24.3 Å². The summed E-state index contributed by atoms with van der Waals surface area (Å²) < 4.78 is 0. The standard InChI is InChI=1S/C19H29NO/c20-14-19(12-6-2-1-3-7-13-19)18(21)17-9-5-4-8-16(17)15-10-11-15/h4-5,8-9,15,18,21H,1-3,6-7,10-14,20H2. The first kappa shape index (κ1) is 15.1. The highest BCUT2D eigenvalue weighted by atomic mass is 16.3. The first-order chi connectivity index (χ1) is 10.3. The van der Waals surface area contributed by atoms with Gasteiger partial charge in [-0.15, -0.1) is 0 Å². The van der Waals surface area contributed by atoms with Crippen molar-refractivity contribution < 1.29 is 5.11 Å². The van der Waals surface area contributed by atoms with Crippen LogP contribution in [0, 0.1) is 5.41 Å². The summed E-state index contributed by atoms with van der Waals surface area (Å²) in [5, 5.41) is 11.2. The molecule has 2 fully saturated rings. The van der Waals surface area contributed by atoms with Gasteiger partial charge in [-0.2, -0.15) is 0 Å². The highest BCUT2D eigenvalue weighted by Crippen LogP contribution is 2.49. The molecule has 1 aromatic carbocycles. The van der Waals surface area contributed by atoms with E-state index in [1.165, 1.54) is 50.5 Å². The van der Waals surface area contributed by atoms with E-state index in [-0.39, 0.29) is 5.41 Å². The zero-order valence-corrected chi connectivity index (χ0v) is 13.1. The molecule has 1 unspecified atom stereocenters. The summed E-state index contributed by atoms with van der Waals surface area (Å²) in [6, 6.07) is 8.52. The third-order valence-corrected chi connectivity index (χ3v) is 5.64. The van der Waals surface area contributed by atoms with E-state index in [0.29, 0.717) is 12.5 Å². The Bertz CT molecular complexity index is 458. The Kier molecular flexibility index (Phi) is 4.66. The molecule has 116 valence electrons. The molecule has 21 heavy (non-hydrogen) atoms. The van der Waals surface area contributed by atoms with Gasteiger partial charge in [-0.25, -0.2) is 0 Å². The summed E-state index contributed by atoms with van der Waals surface area (Å²) >= 11 is 0. The number of benzene rings is 1. The first-order valence-corrected chi connectivity index (χ1v) is 8.74. The summed E-state index contributed by atoms with van der Waals surface area (Å²) in [6.45, 7) is 0.604. The lowest BCUT2D eigenvalue weighted by Crippen LogP contribution is -2.38. The maximum Gasteiger partial charge on any atom is 0.0861 e. The molecule has 0 radical (unpaired) electrons. The summed E-state index contributed by atoms with van der Waals surface area (Å²) in [5.74, 6) is 0.680. The second kappa shape index (κ2) is 6.50. The average molecular weight is 287 g/mol. The Morgan fingerprint density at radius 1 is 1.05 bits per heavy atom. The molecule has 0 saturated heterocycles. The molecule has 2 saturated carbocycles. The van der Waals surface area contributed by atoms with Gasteiger partial charge in [0.2, 0.25) is 0 Å². The lowest BCUT2D eigenvalue weighted by Gasteiger charge is -2.39. The van der Waals surface area contributed by atoms with E-state index in [9.17, 15) is 5.11 Å². The molecule has 0 aromatic heterocycles. The molecule has 2 heteroatoms. The number of aliphatic hydroxyl groups is 1. The van der Waals surface area contributed by atoms with Crippen LogP contribution in [0.4, 0.5) is 0 Å². The van der Waals surface area contributed by atoms with Crippen LogP contribution in [0.25, 0.3) is 0 Å². The maximum atomic E-state index is 11.2. The van der Waals surface area contributed by atoms with E-state index in [4.69, 9.17) is 5.73 Å². The number of rotatable bonds is 4. The molecular weight excluding hydrogens is 258 g/mol. The minimum absolute atomic E-state index is 0.106. The van der Waals surface area contributed by atoms with E-state index in [1.54, 1.807) is 0 Å². The van der Waals surface area contributed by atoms with Crippen molar-refractivity contribution in [1.29, 1.82) is 0 Å². The Labute approximate surface area is 128 Å². The zero-order chi connectivity index (χ0) is 14.7. The van der Waals surface area contributed by atoms with Gasteiger partial charge in [0.15, 0.2) is 0 Å². The summed E-state index contributed by atoms with van der Waals surface area (Å²) in [7, 11) is 0. The topological polar surface area (TPSA) is 46.2 Å². The SMILES string of the molecule is NCC1(C(O)c2ccccc2C2CC2)CCCCCCC1. The average Bonchev–Trinajstić information content (AvgIpc) is 3.32. The second-order valence-electron chi connectivity index (χ2n) is 7.14. The van der Waals surface area contributed by atoms with Gasteiger partial charge >= 0.3 is 0 Å². The lowest BCUT2D eigenvalue weighted by atomic mass is 9.69. The number of hydrogen-bond acceptors (Lipinski definition) is 2. The predicted octanol–water partition coefficient (Wildman–Crippen LogP) is 4.29.